The van der Waals surface area contributed by atoms with Crippen LogP contribution in [0.1, 0.15) is 52.7 Å². The summed E-state index contributed by atoms with van der Waals surface area (Å²) in [6.07, 6.45) is -0.873. The van der Waals surface area contributed by atoms with Crippen LogP contribution in [-0.2, 0) is 11.0 Å². The van der Waals surface area contributed by atoms with Gasteiger partial charge in [0.1, 0.15) is 5.75 Å². The number of carbonyl (C=O) groups is 2. The van der Waals surface area contributed by atoms with Gasteiger partial charge in [-0.2, -0.15) is 13.2 Å². The van der Waals surface area contributed by atoms with E-state index in [9.17, 15) is 22.8 Å². The van der Waals surface area contributed by atoms with Gasteiger partial charge in [0.05, 0.1) is 22.9 Å². The Morgan fingerprint density at radius 1 is 1.30 bits per heavy atom. The summed E-state index contributed by atoms with van der Waals surface area (Å²) >= 11 is 0. The second-order valence-corrected chi connectivity index (χ2v) is 7.00. The Hall–Kier alpha value is -3.17. The predicted molar refractivity (Wildman–Crippen MR) is 101 cm³/mol. The largest absolute Gasteiger partial charge is 0.484 e. The van der Waals surface area contributed by atoms with Crippen molar-refractivity contribution in [2.24, 2.45) is 5.73 Å². The molecule has 30 heavy (non-hydrogen) atoms. The number of piperidine rings is 1. The fourth-order valence-corrected chi connectivity index (χ4v) is 3.38. The number of primary amides is 1. The van der Waals surface area contributed by atoms with Crippen molar-refractivity contribution in [1.82, 2.24) is 14.9 Å². The molecule has 1 aliphatic rings. The maximum absolute atomic E-state index is 12.8. The molecular formula is C20H21F3N4O3. The van der Waals surface area contributed by atoms with Crippen LogP contribution >= 0.6 is 0 Å². The normalized spacial score (nSPS) is 16.9. The number of alkyl halides is 3. The first-order valence-corrected chi connectivity index (χ1v) is 9.39. The molecule has 0 bridgehead atoms. The number of aryl methyl sites for hydroxylation is 1. The molecule has 1 aliphatic heterocycles. The molecule has 160 valence electrons. The number of hydrogen-bond acceptors (Lipinski definition) is 5. The lowest BCUT2D eigenvalue weighted by molar-refractivity contribution is -0.137. The minimum Gasteiger partial charge on any atom is -0.484 e. The van der Waals surface area contributed by atoms with Gasteiger partial charge >= 0.3 is 6.18 Å². The molecule has 1 saturated heterocycles. The van der Waals surface area contributed by atoms with Crippen LogP contribution in [-0.4, -0.2) is 39.8 Å². The van der Waals surface area contributed by atoms with Gasteiger partial charge in [0.2, 0.25) is 0 Å². The van der Waals surface area contributed by atoms with Crippen molar-refractivity contribution in [2.45, 2.75) is 38.4 Å². The first-order valence-electron chi connectivity index (χ1n) is 9.39. The molecule has 7 nitrogen and oxygen atoms in total. The van der Waals surface area contributed by atoms with Crippen LogP contribution in [0.15, 0.2) is 30.5 Å². The summed E-state index contributed by atoms with van der Waals surface area (Å²) in [5, 5.41) is 0. The smallest absolute Gasteiger partial charge is 0.416 e. The molecule has 2 amide bonds. The monoisotopic (exact) mass is 422 g/mol. The number of hydrogen-bond donors (Lipinski definition) is 1. The van der Waals surface area contributed by atoms with Crippen molar-refractivity contribution in [3.05, 3.63) is 53.1 Å². The van der Waals surface area contributed by atoms with Gasteiger partial charge in [-0.3, -0.25) is 9.59 Å². The Morgan fingerprint density at radius 2 is 2.07 bits per heavy atom. The van der Waals surface area contributed by atoms with Crippen molar-refractivity contribution in [3.8, 4) is 5.75 Å². The van der Waals surface area contributed by atoms with E-state index < -0.39 is 30.3 Å². The van der Waals surface area contributed by atoms with Crippen molar-refractivity contribution in [3.63, 3.8) is 0 Å². The third kappa shape index (κ3) is 4.87. The Kier molecular flexibility index (Phi) is 6.23. The molecule has 0 aliphatic carbocycles. The molecule has 0 spiro atoms. The van der Waals surface area contributed by atoms with Gasteiger partial charge in [-0.05, 0) is 44.4 Å². The summed E-state index contributed by atoms with van der Waals surface area (Å²) < 4.78 is 43.8. The Morgan fingerprint density at radius 3 is 2.73 bits per heavy atom. The van der Waals surface area contributed by atoms with Crippen LogP contribution in [0.25, 0.3) is 0 Å². The number of amides is 2. The van der Waals surface area contributed by atoms with Gasteiger partial charge < -0.3 is 15.4 Å². The van der Waals surface area contributed by atoms with Gasteiger partial charge in [-0.1, -0.05) is 6.07 Å². The summed E-state index contributed by atoms with van der Waals surface area (Å²) in [5.74, 6) is -0.656. The average Bonchev–Trinajstić information content (AvgIpc) is 2.71. The fourth-order valence-electron chi connectivity index (χ4n) is 3.38. The van der Waals surface area contributed by atoms with Gasteiger partial charge in [0.25, 0.3) is 11.8 Å². The molecule has 2 heterocycles. The van der Waals surface area contributed by atoms with Crippen LogP contribution in [0.5, 0.6) is 5.75 Å². The zero-order valence-corrected chi connectivity index (χ0v) is 16.3. The number of rotatable bonds is 5. The molecule has 1 atom stereocenters. The van der Waals surface area contributed by atoms with E-state index in [2.05, 4.69) is 9.97 Å². The summed E-state index contributed by atoms with van der Waals surface area (Å²) in [6, 6.07) is 3.98. The molecule has 1 unspecified atom stereocenters. The standard InChI is InChI=1S/C20H21F3N4O3/c1-12-15(18(24)29)10-25-19(26-12)16-7-2-3-8-27(16)17(28)11-30-14-6-4-5-13(9-14)20(21,22)23/h4-6,9-10,16H,2-3,7-8,11H2,1H3,(H2,24,29). The number of ether oxygens (including phenoxy) is 1. The lowest BCUT2D eigenvalue weighted by Crippen LogP contribution is -2.41. The number of halogens is 3. The molecular weight excluding hydrogens is 401 g/mol. The quantitative estimate of drug-likeness (QED) is 0.799. The van der Waals surface area contributed by atoms with E-state index in [1.807, 2.05) is 0 Å². The maximum Gasteiger partial charge on any atom is 0.416 e. The molecule has 3 rings (SSSR count). The zero-order chi connectivity index (χ0) is 21.9. The highest BCUT2D eigenvalue weighted by atomic mass is 19.4. The summed E-state index contributed by atoms with van der Waals surface area (Å²) in [6.45, 7) is 1.68. The van der Waals surface area contributed by atoms with Crippen molar-refractivity contribution in [1.29, 1.82) is 0 Å². The van der Waals surface area contributed by atoms with Gasteiger partial charge in [0.15, 0.2) is 12.4 Å². The minimum absolute atomic E-state index is 0.0374. The highest BCUT2D eigenvalue weighted by Crippen LogP contribution is 2.32. The molecule has 0 saturated carbocycles. The Balaban J connectivity index is 1.73. The predicted octanol–water partition coefficient (Wildman–Crippen LogP) is 3.04. The number of benzene rings is 1. The second-order valence-electron chi connectivity index (χ2n) is 7.00. The molecule has 10 heteroatoms. The van der Waals surface area contributed by atoms with E-state index in [0.29, 0.717) is 24.5 Å². The van der Waals surface area contributed by atoms with Crippen molar-refractivity contribution < 1.29 is 27.5 Å². The third-order valence-corrected chi connectivity index (χ3v) is 4.91. The SMILES string of the molecule is Cc1nc(C2CCCCN2C(=O)COc2cccc(C(F)(F)F)c2)ncc1C(N)=O. The summed E-state index contributed by atoms with van der Waals surface area (Å²) in [5.41, 5.74) is 5.07. The first kappa shape index (κ1) is 21.5. The number of aromatic nitrogens is 2. The third-order valence-electron chi connectivity index (χ3n) is 4.91. The lowest BCUT2D eigenvalue weighted by Gasteiger charge is -2.34. The van der Waals surface area contributed by atoms with Crippen LogP contribution in [0, 0.1) is 6.92 Å². The van der Waals surface area contributed by atoms with Crippen molar-refractivity contribution in [2.75, 3.05) is 13.2 Å². The van der Waals surface area contributed by atoms with Crippen LogP contribution < -0.4 is 10.5 Å². The highest BCUT2D eigenvalue weighted by molar-refractivity contribution is 5.93. The molecule has 1 aromatic heterocycles. The molecule has 2 aromatic rings. The molecule has 0 radical (unpaired) electrons. The van der Waals surface area contributed by atoms with E-state index in [1.165, 1.54) is 18.3 Å². The zero-order valence-electron chi connectivity index (χ0n) is 16.3. The minimum atomic E-state index is -4.49. The second kappa shape index (κ2) is 8.68. The fraction of sp³-hybridized carbons (Fsp3) is 0.400. The van der Waals surface area contributed by atoms with Gasteiger partial charge in [-0.15, -0.1) is 0 Å². The number of likely N-dealkylation sites (tertiary alicyclic amines) is 1. The Labute approximate surface area is 171 Å². The highest BCUT2D eigenvalue weighted by Gasteiger charge is 2.32. The average molecular weight is 422 g/mol. The number of carbonyl (C=O) groups excluding carboxylic acids is 2. The molecule has 1 aromatic carbocycles. The Bertz CT molecular complexity index is 949. The van der Waals surface area contributed by atoms with E-state index in [1.54, 1.807) is 11.8 Å². The van der Waals surface area contributed by atoms with Gasteiger partial charge in [-0.25, -0.2) is 9.97 Å². The topological polar surface area (TPSA) is 98.4 Å². The van der Waals surface area contributed by atoms with E-state index in [4.69, 9.17) is 10.5 Å². The van der Waals surface area contributed by atoms with E-state index >= 15 is 0 Å². The summed E-state index contributed by atoms with van der Waals surface area (Å²) in [7, 11) is 0. The number of nitrogens with two attached hydrogens (primary N) is 1. The van der Waals surface area contributed by atoms with E-state index in [-0.39, 0.29) is 17.2 Å². The molecule has 2 N–H and O–H groups in total. The lowest BCUT2D eigenvalue weighted by atomic mass is 10.0. The maximum atomic E-state index is 12.8. The van der Waals surface area contributed by atoms with Crippen LogP contribution in [0.2, 0.25) is 0 Å². The number of nitrogens with zero attached hydrogens (tertiary/aromatic N) is 3. The molecule has 1 fully saturated rings. The van der Waals surface area contributed by atoms with Crippen LogP contribution in [0.4, 0.5) is 13.2 Å². The van der Waals surface area contributed by atoms with Crippen molar-refractivity contribution >= 4 is 11.8 Å². The first-order chi connectivity index (χ1) is 14.2. The van der Waals surface area contributed by atoms with Crippen LogP contribution in [0.3, 0.4) is 0 Å². The summed E-state index contributed by atoms with van der Waals surface area (Å²) in [4.78, 5) is 34.2. The van der Waals surface area contributed by atoms with E-state index in [0.717, 1.165) is 25.0 Å². The van der Waals surface area contributed by atoms with Gasteiger partial charge in [0, 0.05) is 12.7 Å².